The summed E-state index contributed by atoms with van der Waals surface area (Å²) in [5.74, 6) is 0.608. The zero-order chi connectivity index (χ0) is 20.2. The average Bonchev–Trinajstić information content (AvgIpc) is 3.26. The van der Waals surface area contributed by atoms with Crippen LogP contribution in [-0.2, 0) is 14.3 Å². The number of benzene rings is 2. The van der Waals surface area contributed by atoms with Crippen LogP contribution in [0.25, 0.3) is 11.3 Å². The van der Waals surface area contributed by atoms with Crippen LogP contribution in [0.3, 0.4) is 0 Å². The van der Waals surface area contributed by atoms with Gasteiger partial charge in [0.25, 0.3) is 5.91 Å². The Kier molecular flexibility index (Phi) is 5.97. The molecule has 1 N–H and O–H groups in total. The van der Waals surface area contributed by atoms with E-state index in [0.717, 1.165) is 61.5 Å². The van der Waals surface area contributed by atoms with E-state index in [1.807, 2.05) is 36.4 Å². The van der Waals surface area contributed by atoms with Gasteiger partial charge in [0.1, 0.15) is 11.9 Å². The van der Waals surface area contributed by atoms with E-state index in [9.17, 15) is 4.79 Å². The molecule has 2 aliphatic heterocycles. The molecule has 5 heteroatoms. The van der Waals surface area contributed by atoms with Gasteiger partial charge in [-0.05, 0) is 19.0 Å². The zero-order valence-electron chi connectivity index (χ0n) is 17.1. The Hall–Kier alpha value is -2.63. The topological polar surface area (TPSA) is 50.8 Å². The van der Waals surface area contributed by atoms with Crippen LogP contribution in [0.5, 0.6) is 0 Å². The van der Waals surface area contributed by atoms with Crippen molar-refractivity contribution >= 4 is 22.9 Å². The highest BCUT2D eigenvalue weighted by molar-refractivity contribution is 6.36. The van der Waals surface area contributed by atoms with Crippen molar-refractivity contribution in [2.75, 3.05) is 38.7 Å². The fourth-order valence-corrected chi connectivity index (χ4v) is 4.18. The Bertz CT molecular complexity index is 922. The van der Waals surface area contributed by atoms with Crippen LogP contribution in [0.15, 0.2) is 48.5 Å². The molecule has 2 aromatic rings. The van der Waals surface area contributed by atoms with E-state index in [4.69, 9.17) is 9.47 Å². The van der Waals surface area contributed by atoms with Gasteiger partial charge in [-0.15, -0.1) is 0 Å². The Morgan fingerprint density at radius 3 is 2.59 bits per heavy atom. The van der Waals surface area contributed by atoms with Crippen molar-refractivity contribution in [3.05, 3.63) is 65.2 Å². The quantitative estimate of drug-likeness (QED) is 0.680. The Morgan fingerprint density at radius 2 is 1.79 bits per heavy atom. The monoisotopic (exact) mass is 392 g/mol. The van der Waals surface area contributed by atoms with E-state index >= 15 is 0 Å². The molecule has 0 saturated heterocycles. The molecule has 1 atom stereocenters. The first-order chi connectivity index (χ1) is 14.2. The lowest BCUT2D eigenvalue weighted by molar-refractivity contribution is -0.110. The van der Waals surface area contributed by atoms with E-state index in [0.29, 0.717) is 11.3 Å². The lowest BCUT2D eigenvalue weighted by atomic mass is 9.98. The van der Waals surface area contributed by atoms with Crippen LogP contribution in [0.4, 0.5) is 5.69 Å². The van der Waals surface area contributed by atoms with Gasteiger partial charge in [-0.1, -0.05) is 49.4 Å². The maximum Gasteiger partial charge on any atom is 0.260 e. The van der Waals surface area contributed by atoms with Crippen molar-refractivity contribution in [1.29, 1.82) is 0 Å². The molecule has 0 aromatic heterocycles. The number of amides is 1. The number of para-hydroxylation sites is 1. The predicted molar refractivity (Wildman–Crippen MR) is 115 cm³/mol. The number of fused-ring (bicyclic) bond motifs is 2. The number of anilines is 1. The predicted octanol–water partition coefficient (Wildman–Crippen LogP) is 4.33. The standard InChI is InChI=1S/C24H28N2O3/c1-3-13-26(15-16-28-2)14-12-21-17-8-4-5-9-18(17)23(29-21)22-19-10-6-7-11-20(19)25-24(22)27/h4-11,21H,3,12-16H2,1-2H3,(H,25,27). The van der Waals surface area contributed by atoms with Gasteiger partial charge in [0.2, 0.25) is 0 Å². The molecule has 0 fully saturated rings. The number of nitrogens with zero attached hydrogens (tertiary/aromatic N) is 1. The Labute approximate surface area is 172 Å². The highest BCUT2D eigenvalue weighted by Crippen LogP contribution is 2.46. The molecule has 1 unspecified atom stereocenters. The summed E-state index contributed by atoms with van der Waals surface area (Å²) in [6, 6.07) is 16.0. The van der Waals surface area contributed by atoms with Crippen LogP contribution < -0.4 is 5.32 Å². The van der Waals surface area contributed by atoms with Crippen LogP contribution in [0.1, 0.15) is 42.6 Å². The van der Waals surface area contributed by atoms with Crippen LogP contribution >= 0.6 is 0 Å². The third-order valence-corrected chi connectivity index (χ3v) is 5.57. The first-order valence-corrected chi connectivity index (χ1v) is 10.3. The number of hydrogen-bond acceptors (Lipinski definition) is 4. The summed E-state index contributed by atoms with van der Waals surface area (Å²) in [4.78, 5) is 15.1. The smallest absolute Gasteiger partial charge is 0.260 e. The summed E-state index contributed by atoms with van der Waals surface area (Å²) < 4.78 is 11.7. The summed E-state index contributed by atoms with van der Waals surface area (Å²) in [5, 5.41) is 2.96. The fraction of sp³-hybridized carbons (Fsp3) is 0.375. The maximum atomic E-state index is 12.7. The molecule has 5 nitrogen and oxygen atoms in total. The SMILES string of the molecule is CCCN(CCOC)CCC1OC(=C2C(=O)Nc3ccccc32)c2ccccc21. The average molecular weight is 392 g/mol. The number of carbonyl (C=O) groups excluding carboxylic acids is 1. The molecule has 2 heterocycles. The molecule has 0 radical (unpaired) electrons. The number of carbonyl (C=O) groups is 1. The number of rotatable bonds is 8. The summed E-state index contributed by atoms with van der Waals surface area (Å²) in [6.45, 7) is 5.82. The molecular formula is C24H28N2O3. The van der Waals surface area contributed by atoms with Crippen molar-refractivity contribution in [3.63, 3.8) is 0 Å². The minimum Gasteiger partial charge on any atom is -0.484 e. The summed E-state index contributed by atoms with van der Waals surface area (Å²) in [5.41, 5.74) is 4.59. The number of ether oxygens (including phenoxy) is 2. The normalized spacial score (nSPS) is 19.8. The van der Waals surface area contributed by atoms with Crippen molar-refractivity contribution in [2.24, 2.45) is 0 Å². The van der Waals surface area contributed by atoms with Crippen molar-refractivity contribution in [1.82, 2.24) is 4.90 Å². The third-order valence-electron chi connectivity index (χ3n) is 5.57. The maximum absolute atomic E-state index is 12.7. The largest absolute Gasteiger partial charge is 0.484 e. The molecule has 1 amide bonds. The summed E-state index contributed by atoms with van der Waals surface area (Å²) in [6.07, 6.45) is 1.94. The lowest BCUT2D eigenvalue weighted by Gasteiger charge is -2.23. The molecule has 152 valence electrons. The van der Waals surface area contributed by atoms with E-state index in [1.165, 1.54) is 0 Å². The molecule has 2 aliphatic rings. The molecular weight excluding hydrogens is 364 g/mol. The second-order valence-corrected chi connectivity index (χ2v) is 7.52. The van der Waals surface area contributed by atoms with Gasteiger partial charge in [0.05, 0.1) is 12.2 Å². The summed E-state index contributed by atoms with van der Waals surface area (Å²) >= 11 is 0. The van der Waals surface area contributed by atoms with E-state index in [2.05, 4.69) is 29.3 Å². The second kappa shape index (κ2) is 8.80. The highest BCUT2D eigenvalue weighted by Gasteiger charge is 2.35. The molecule has 0 saturated carbocycles. The summed E-state index contributed by atoms with van der Waals surface area (Å²) in [7, 11) is 1.74. The second-order valence-electron chi connectivity index (χ2n) is 7.52. The fourth-order valence-electron chi connectivity index (χ4n) is 4.18. The van der Waals surface area contributed by atoms with Gasteiger partial charge in [-0.3, -0.25) is 4.79 Å². The first kappa shape index (κ1) is 19.7. The van der Waals surface area contributed by atoms with Crippen LogP contribution in [-0.4, -0.2) is 44.2 Å². The molecule has 4 rings (SSSR count). The molecule has 0 bridgehead atoms. The van der Waals surface area contributed by atoms with Gasteiger partial charge >= 0.3 is 0 Å². The molecule has 29 heavy (non-hydrogen) atoms. The molecule has 2 aromatic carbocycles. The highest BCUT2D eigenvalue weighted by atomic mass is 16.5. The van der Waals surface area contributed by atoms with Gasteiger partial charge in [-0.25, -0.2) is 0 Å². The van der Waals surface area contributed by atoms with Crippen LogP contribution in [0.2, 0.25) is 0 Å². The van der Waals surface area contributed by atoms with Gasteiger partial charge in [-0.2, -0.15) is 0 Å². The van der Waals surface area contributed by atoms with Gasteiger partial charge < -0.3 is 19.7 Å². The third kappa shape index (κ3) is 3.93. The number of methoxy groups -OCH3 is 1. The van der Waals surface area contributed by atoms with Crippen molar-refractivity contribution < 1.29 is 14.3 Å². The Balaban J connectivity index is 1.61. The lowest BCUT2D eigenvalue weighted by Crippen LogP contribution is -2.30. The van der Waals surface area contributed by atoms with E-state index in [1.54, 1.807) is 7.11 Å². The number of nitrogens with one attached hydrogen (secondary N) is 1. The number of hydrogen-bond donors (Lipinski definition) is 1. The van der Waals surface area contributed by atoms with E-state index in [-0.39, 0.29) is 12.0 Å². The molecule has 0 aliphatic carbocycles. The first-order valence-electron chi connectivity index (χ1n) is 10.3. The van der Waals surface area contributed by atoms with E-state index < -0.39 is 0 Å². The van der Waals surface area contributed by atoms with Gasteiger partial charge in [0, 0.05) is 49.0 Å². The zero-order valence-corrected chi connectivity index (χ0v) is 17.1. The van der Waals surface area contributed by atoms with Crippen LogP contribution in [0, 0.1) is 0 Å². The Morgan fingerprint density at radius 1 is 1.03 bits per heavy atom. The van der Waals surface area contributed by atoms with Crippen molar-refractivity contribution in [3.8, 4) is 0 Å². The van der Waals surface area contributed by atoms with Crippen molar-refractivity contribution in [2.45, 2.75) is 25.9 Å². The minimum atomic E-state index is -0.0932. The molecule has 0 spiro atoms. The minimum absolute atomic E-state index is 0.0452. The van der Waals surface area contributed by atoms with Gasteiger partial charge in [0.15, 0.2) is 0 Å².